The molecule has 7 nitrogen and oxygen atoms in total. The normalized spacial score (nSPS) is 10.9. The number of rotatable bonds is 6. The van der Waals surface area contributed by atoms with Crippen LogP contribution in [0, 0.1) is 6.92 Å². The van der Waals surface area contributed by atoms with Gasteiger partial charge in [-0.05, 0) is 39.0 Å². The van der Waals surface area contributed by atoms with Crippen LogP contribution in [0.25, 0.3) is 10.6 Å². The van der Waals surface area contributed by atoms with E-state index in [-0.39, 0.29) is 6.10 Å². The molecule has 1 amide bonds. The third kappa shape index (κ3) is 3.94. The average Bonchev–Trinajstić information content (AvgIpc) is 3.14. The zero-order valence-electron chi connectivity index (χ0n) is 14.6. The number of nitrogens with two attached hydrogens (primary N) is 2. The van der Waals surface area contributed by atoms with Crippen molar-refractivity contribution < 1.29 is 9.53 Å². The Hall–Kier alpha value is -2.65. The molecule has 5 N–H and O–H groups in total. The predicted molar refractivity (Wildman–Crippen MR) is 106 cm³/mol. The van der Waals surface area contributed by atoms with E-state index in [2.05, 4.69) is 15.3 Å². The van der Waals surface area contributed by atoms with Crippen LogP contribution in [-0.2, 0) is 0 Å². The molecule has 0 unspecified atom stereocenters. The second-order valence-corrected chi connectivity index (χ2v) is 7.76. The molecule has 3 rings (SSSR count). The van der Waals surface area contributed by atoms with Gasteiger partial charge in [0.25, 0.3) is 0 Å². The van der Waals surface area contributed by atoms with Crippen molar-refractivity contribution >= 4 is 44.5 Å². The first-order valence-electron chi connectivity index (χ1n) is 7.90. The lowest BCUT2D eigenvalue weighted by Gasteiger charge is -2.15. The van der Waals surface area contributed by atoms with Gasteiger partial charge in [0.2, 0.25) is 5.91 Å². The third-order valence-electron chi connectivity index (χ3n) is 3.42. The molecule has 2 aromatic heterocycles. The number of nitrogen functional groups attached to an aromatic ring is 1. The van der Waals surface area contributed by atoms with Crippen LogP contribution in [0.1, 0.15) is 29.9 Å². The smallest absolute Gasteiger partial charge is 0.248 e. The summed E-state index contributed by atoms with van der Waals surface area (Å²) in [6, 6.07) is 5.03. The number of carbonyl (C=O) groups excluding carboxylic acids is 1. The first kappa shape index (κ1) is 18.2. The topological polar surface area (TPSA) is 116 Å². The molecule has 136 valence electrons. The fourth-order valence-electron chi connectivity index (χ4n) is 2.34. The Morgan fingerprint density at radius 3 is 2.69 bits per heavy atom. The molecule has 26 heavy (non-hydrogen) atoms. The van der Waals surface area contributed by atoms with E-state index in [1.54, 1.807) is 18.2 Å². The number of aromatic nitrogens is 2. The molecular weight excluding hydrogens is 370 g/mol. The molecule has 0 saturated carbocycles. The summed E-state index contributed by atoms with van der Waals surface area (Å²) in [5.74, 6) is 0.125. The number of hydrogen-bond acceptors (Lipinski definition) is 8. The van der Waals surface area contributed by atoms with Crippen LogP contribution in [0.15, 0.2) is 23.6 Å². The zero-order valence-corrected chi connectivity index (χ0v) is 16.2. The van der Waals surface area contributed by atoms with Gasteiger partial charge in [-0.2, -0.15) is 0 Å². The molecule has 0 saturated heterocycles. The van der Waals surface area contributed by atoms with Crippen molar-refractivity contribution in [2.45, 2.75) is 26.9 Å². The van der Waals surface area contributed by atoms with Crippen LogP contribution in [-0.4, -0.2) is 22.0 Å². The highest BCUT2D eigenvalue weighted by atomic mass is 32.1. The fourth-order valence-corrected chi connectivity index (χ4v) is 3.93. The molecule has 3 aromatic rings. The summed E-state index contributed by atoms with van der Waals surface area (Å²) in [5.41, 5.74) is 13.8. The van der Waals surface area contributed by atoms with Crippen LogP contribution in [0.5, 0.6) is 5.75 Å². The summed E-state index contributed by atoms with van der Waals surface area (Å²) in [6.45, 7) is 5.77. The number of carbonyl (C=O) groups is 1. The highest BCUT2D eigenvalue weighted by Gasteiger charge is 2.14. The van der Waals surface area contributed by atoms with Gasteiger partial charge in [0.05, 0.1) is 28.1 Å². The number of amides is 1. The highest BCUT2D eigenvalue weighted by Crippen LogP contribution is 2.36. The summed E-state index contributed by atoms with van der Waals surface area (Å²) in [6.07, 6.45) is -0.00958. The van der Waals surface area contributed by atoms with E-state index in [9.17, 15) is 4.79 Å². The van der Waals surface area contributed by atoms with Gasteiger partial charge >= 0.3 is 0 Å². The maximum absolute atomic E-state index is 11.5. The number of anilines is 3. The van der Waals surface area contributed by atoms with E-state index in [1.807, 2.05) is 26.2 Å². The number of ether oxygens (including phenoxy) is 1. The van der Waals surface area contributed by atoms with E-state index in [1.165, 1.54) is 22.7 Å². The lowest BCUT2D eigenvalue weighted by Crippen LogP contribution is -2.12. The van der Waals surface area contributed by atoms with E-state index in [0.29, 0.717) is 27.3 Å². The monoisotopic (exact) mass is 389 g/mol. The Morgan fingerprint density at radius 1 is 1.31 bits per heavy atom. The molecule has 0 bridgehead atoms. The van der Waals surface area contributed by atoms with Gasteiger partial charge in [-0.1, -0.05) is 11.3 Å². The molecule has 0 aliphatic heterocycles. The number of primary amides is 1. The second kappa shape index (κ2) is 7.30. The van der Waals surface area contributed by atoms with Gasteiger partial charge in [0.1, 0.15) is 5.75 Å². The van der Waals surface area contributed by atoms with Crippen LogP contribution >= 0.6 is 22.7 Å². The SMILES string of the molecule is Cc1nc(N)sc1-c1csc(Nc2cc(C(N)=O)ccc2OC(C)C)n1. The fraction of sp³-hybridized carbons (Fsp3) is 0.235. The molecule has 0 radical (unpaired) electrons. The van der Waals surface area contributed by atoms with Crippen LogP contribution in [0.3, 0.4) is 0 Å². The number of thiazole rings is 2. The molecule has 0 spiro atoms. The Bertz CT molecular complexity index is 949. The minimum absolute atomic E-state index is 0.00958. The largest absolute Gasteiger partial charge is 0.489 e. The average molecular weight is 390 g/mol. The van der Waals surface area contributed by atoms with Crippen molar-refractivity contribution in [1.29, 1.82) is 0 Å². The number of nitrogens with zero attached hydrogens (tertiary/aromatic N) is 2. The summed E-state index contributed by atoms with van der Waals surface area (Å²) >= 11 is 2.85. The maximum atomic E-state index is 11.5. The number of nitrogens with one attached hydrogen (secondary N) is 1. The van der Waals surface area contributed by atoms with E-state index in [4.69, 9.17) is 16.2 Å². The quantitative estimate of drug-likeness (QED) is 0.591. The van der Waals surface area contributed by atoms with Gasteiger partial charge in [0, 0.05) is 10.9 Å². The molecule has 9 heteroatoms. The van der Waals surface area contributed by atoms with Crippen LogP contribution < -0.4 is 21.5 Å². The lowest BCUT2D eigenvalue weighted by atomic mass is 10.1. The van der Waals surface area contributed by atoms with Crippen molar-refractivity contribution in [2.75, 3.05) is 11.1 Å². The van der Waals surface area contributed by atoms with Gasteiger partial charge in [-0.15, -0.1) is 11.3 Å². The molecule has 0 aliphatic rings. The minimum Gasteiger partial charge on any atom is -0.489 e. The van der Waals surface area contributed by atoms with Crippen LogP contribution in [0.2, 0.25) is 0 Å². The van der Waals surface area contributed by atoms with E-state index in [0.717, 1.165) is 16.3 Å². The summed E-state index contributed by atoms with van der Waals surface area (Å²) in [7, 11) is 0. The Labute approximate surface area is 159 Å². The summed E-state index contributed by atoms with van der Waals surface area (Å²) < 4.78 is 5.80. The Kier molecular flexibility index (Phi) is 5.10. The van der Waals surface area contributed by atoms with E-state index < -0.39 is 5.91 Å². The predicted octanol–water partition coefficient (Wildman–Crippen LogP) is 3.79. The third-order valence-corrected chi connectivity index (χ3v) is 5.19. The molecule has 0 atom stereocenters. The Morgan fingerprint density at radius 2 is 2.08 bits per heavy atom. The number of benzene rings is 1. The molecule has 0 fully saturated rings. The standard InChI is InChI=1S/C17H19N5O2S2/c1-8(2)24-13-5-4-10(15(18)23)6-11(13)21-17-22-12(7-25-17)14-9(3)20-16(19)26-14/h4-8H,1-3H3,(H2,18,23)(H2,19,20)(H,21,22). The first-order chi connectivity index (χ1) is 12.3. The first-order valence-corrected chi connectivity index (χ1v) is 9.59. The van der Waals surface area contributed by atoms with Crippen molar-refractivity contribution in [3.8, 4) is 16.3 Å². The van der Waals surface area contributed by atoms with Gasteiger partial charge < -0.3 is 21.5 Å². The van der Waals surface area contributed by atoms with Gasteiger partial charge in [-0.25, -0.2) is 9.97 Å². The zero-order chi connectivity index (χ0) is 18.8. The second-order valence-electron chi connectivity index (χ2n) is 5.87. The van der Waals surface area contributed by atoms with Crippen molar-refractivity contribution in [3.63, 3.8) is 0 Å². The van der Waals surface area contributed by atoms with Crippen molar-refractivity contribution in [1.82, 2.24) is 9.97 Å². The van der Waals surface area contributed by atoms with Gasteiger partial charge in [0.15, 0.2) is 10.3 Å². The molecule has 0 aliphatic carbocycles. The summed E-state index contributed by atoms with van der Waals surface area (Å²) in [5, 5.41) is 6.33. The maximum Gasteiger partial charge on any atom is 0.248 e. The van der Waals surface area contributed by atoms with Crippen LogP contribution in [0.4, 0.5) is 16.0 Å². The summed E-state index contributed by atoms with van der Waals surface area (Å²) in [4.78, 5) is 21.3. The van der Waals surface area contributed by atoms with E-state index >= 15 is 0 Å². The molecular formula is C17H19N5O2S2. The highest BCUT2D eigenvalue weighted by molar-refractivity contribution is 7.19. The van der Waals surface area contributed by atoms with Crippen molar-refractivity contribution in [2.24, 2.45) is 5.73 Å². The molecule has 1 aromatic carbocycles. The van der Waals surface area contributed by atoms with Gasteiger partial charge in [-0.3, -0.25) is 4.79 Å². The Balaban J connectivity index is 1.91. The molecule has 2 heterocycles. The van der Waals surface area contributed by atoms with Crippen molar-refractivity contribution in [3.05, 3.63) is 34.8 Å². The number of hydrogen-bond donors (Lipinski definition) is 3. The lowest BCUT2D eigenvalue weighted by molar-refractivity contribution is 0.100. The number of aryl methyl sites for hydroxylation is 1. The minimum atomic E-state index is -0.500.